The van der Waals surface area contributed by atoms with Crippen molar-refractivity contribution in [2.24, 2.45) is 10.4 Å². The first-order valence-electron chi connectivity index (χ1n) is 6.16. The molecule has 19 heavy (non-hydrogen) atoms. The van der Waals surface area contributed by atoms with E-state index < -0.39 is 0 Å². The van der Waals surface area contributed by atoms with Crippen LogP contribution in [0, 0.1) is 5.41 Å². The highest BCUT2D eigenvalue weighted by molar-refractivity contribution is 6.15. The van der Waals surface area contributed by atoms with Gasteiger partial charge < -0.3 is 10.2 Å². The molecule has 1 aromatic carbocycles. The summed E-state index contributed by atoms with van der Waals surface area (Å²) in [6, 6.07) is 6.60. The number of phenolic OH excluding ortho intramolecular Hbond substituents is 1. The van der Waals surface area contributed by atoms with Gasteiger partial charge in [-0.15, -0.1) is 0 Å². The SMILES string of the molecule is CC1(C)CC(=O)C(C=Nc2ccccc2O)=C(O)C1. The Kier molecular flexibility index (Phi) is 3.42. The number of carbonyl (C=O) groups is 1. The van der Waals surface area contributed by atoms with Crippen molar-refractivity contribution in [3.05, 3.63) is 35.6 Å². The molecule has 2 rings (SSSR count). The lowest BCUT2D eigenvalue weighted by Crippen LogP contribution is -2.26. The van der Waals surface area contributed by atoms with Crippen molar-refractivity contribution in [2.45, 2.75) is 26.7 Å². The van der Waals surface area contributed by atoms with Crippen molar-refractivity contribution >= 4 is 17.7 Å². The summed E-state index contributed by atoms with van der Waals surface area (Å²) in [5.74, 6) is -0.00392. The van der Waals surface area contributed by atoms with Crippen LogP contribution in [-0.4, -0.2) is 22.2 Å². The average molecular weight is 259 g/mol. The van der Waals surface area contributed by atoms with Crippen LogP contribution in [0.2, 0.25) is 0 Å². The van der Waals surface area contributed by atoms with Crippen molar-refractivity contribution in [3.63, 3.8) is 0 Å². The molecule has 0 spiro atoms. The largest absolute Gasteiger partial charge is 0.511 e. The summed E-state index contributed by atoms with van der Waals surface area (Å²) in [6.07, 6.45) is 2.18. The van der Waals surface area contributed by atoms with Gasteiger partial charge >= 0.3 is 0 Å². The Balaban J connectivity index is 2.28. The number of nitrogens with zero attached hydrogens (tertiary/aromatic N) is 1. The second-order valence-corrected chi connectivity index (χ2v) is 5.55. The molecule has 0 aliphatic heterocycles. The van der Waals surface area contributed by atoms with E-state index in [1.165, 1.54) is 12.3 Å². The standard InChI is InChI=1S/C15H17NO3/c1-15(2)7-13(18)10(14(19)8-15)9-16-11-5-3-4-6-12(11)17/h3-6,9,17-18H,7-8H2,1-2H3. The number of hydrogen-bond acceptors (Lipinski definition) is 4. The summed E-state index contributed by atoms with van der Waals surface area (Å²) in [4.78, 5) is 16.0. The van der Waals surface area contributed by atoms with Crippen LogP contribution in [0.3, 0.4) is 0 Å². The van der Waals surface area contributed by atoms with Gasteiger partial charge in [0.15, 0.2) is 5.78 Å². The van der Waals surface area contributed by atoms with E-state index in [2.05, 4.69) is 4.99 Å². The molecule has 0 radical (unpaired) electrons. The molecule has 1 aliphatic rings. The normalized spacial score (nSPS) is 19.2. The van der Waals surface area contributed by atoms with E-state index >= 15 is 0 Å². The fraction of sp³-hybridized carbons (Fsp3) is 0.333. The van der Waals surface area contributed by atoms with Crippen molar-refractivity contribution in [3.8, 4) is 5.75 Å². The molecule has 1 aromatic rings. The Morgan fingerprint density at radius 3 is 2.53 bits per heavy atom. The maximum absolute atomic E-state index is 12.0. The number of aromatic hydroxyl groups is 1. The van der Waals surface area contributed by atoms with Crippen LogP contribution in [0.5, 0.6) is 5.75 Å². The molecule has 2 N–H and O–H groups in total. The number of para-hydroxylation sites is 2. The van der Waals surface area contributed by atoms with Crippen LogP contribution in [0.15, 0.2) is 40.6 Å². The Morgan fingerprint density at radius 1 is 1.21 bits per heavy atom. The first kappa shape index (κ1) is 13.3. The van der Waals surface area contributed by atoms with E-state index in [0.717, 1.165) is 0 Å². The molecule has 1 aliphatic carbocycles. The van der Waals surface area contributed by atoms with Gasteiger partial charge in [-0.25, -0.2) is 0 Å². The number of ketones is 1. The zero-order chi connectivity index (χ0) is 14.0. The third-order valence-electron chi connectivity index (χ3n) is 3.11. The number of Topliss-reactive ketones (excluding diaryl/α,β-unsaturated/α-hetero) is 1. The van der Waals surface area contributed by atoms with Crippen LogP contribution < -0.4 is 0 Å². The third kappa shape index (κ3) is 3.02. The van der Waals surface area contributed by atoms with Gasteiger partial charge in [-0.05, 0) is 17.5 Å². The highest BCUT2D eigenvalue weighted by Gasteiger charge is 2.32. The Bertz CT molecular complexity index is 571. The zero-order valence-corrected chi connectivity index (χ0v) is 11.1. The fourth-order valence-corrected chi connectivity index (χ4v) is 2.16. The van der Waals surface area contributed by atoms with Gasteiger partial charge in [0, 0.05) is 19.1 Å². The minimum atomic E-state index is -0.215. The van der Waals surface area contributed by atoms with Gasteiger partial charge in [0.05, 0.1) is 5.57 Å². The number of hydrogen-bond donors (Lipinski definition) is 2. The van der Waals surface area contributed by atoms with E-state index in [-0.39, 0.29) is 28.3 Å². The molecule has 0 fully saturated rings. The van der Waals surface area contributed by atoms with Gasteiger partial charge in [0.2, 0.25) is 0 Å². The van der Waals surface area contributed by atoms with Gasteiger partial charge in [-0.3, -0.25) is 9.79 Å². The maximum atomic E-state index is 12.0. The van der Waals surface area contributed by atoms with Gasteiger partial charge in [0.1, 0.15) is 17.2 Å². The first-order valence-corrected chi connectivity index (χ1v) is 6.16. The second-order valence-electron chi connectivity index (χ2n) is 5.55. The summed E-state index contributed by atoms with van der Waals surface area (Å²) in [6.45, 7) is 3.89. The fourth-order valence-electron chi connectivity index (χ4n) is 2.16. The first-order chi connectivity index (χ1) is 8.89. The van der Waals surface area contributed by atoms with Crippen molar-refractivity contribution < 1.29 is 15.0 Å². The van der Waals surface area contributed by atoms with Crippen LogP contribution in [0.1, 0.15) is 26.7 Å². The molecule has 4 heteroatoms. The molecule has 0 bridgehead atoms. The van der Waals surface area contributed by atoms with Crippen LogP contribution >= 0.6 is 0 Å². The lowest BCUT2D eigenvalue weighted by atomic mass is 9.77. The van der Waals surface area contributed by atoms with Gasteiger partial charge in [-0.1, -0.05) is 26.0 Å². The highest BCUT2D eigenvalue weighted by Crippen LogP contribution is 2.35. The minimum absolute atomic E-state index is 0.0439. The third-order valence-corrected chi connectivity index (χ3v) is 3.11. The topological polar surface area (TPSA) is 69.9 Å². The molecule has 0 heterocycles. The monoisotopic (exact) mass is 259 g/mol. The number of aliphatic hydroxyl groups is 1. The smallest absolute Gasteiger partial charge is 0.168 e. The highest BCUT2D eigenvalue weighted by atomic mass is 16.3. The lowest BCUT2D eigenvalue weighted by Gasteiger charge is -2.28. The summed E-state index contributed by atoms with van der Waals surface area (Å²) < 4.78 is 0. The molecular formula is C15H17NO3. The number of carbonyl (C=O) groups excluding carboxylic acids is 1. The number of phenols is 1. The molecular weight excluding hydrogens is 242 g/mol. The van der Waals surface area contributed by atoms with Crippen molar-refractivity contribution in [1.29, 1.82) is 0 Å². The molecule has 0 saturated heterocycles. The Morgan fingerprint density at radius 2 is 1.89 bits per heavy atom. The lowest BCUT2D eigenvalue weighted by molar-refractivity contribution is -0.117. The minimum Gasteiger partial charge on any atom is -0.511 e. The number of rotatable bonds is 2. The average Bonchev–Trinajstić information content (AvgIpc) is 2.28. The van der Waals surface area contributed by atoms with Crippen LogP contribution in [0.25, 0.3) is 0 Å². The van der Waals surface area contributed by atoms with Gasteiger partial charge in [0.25, 0.3) is 0 Å². The van der Waals surface area contributed by atoms with Crippen molar-refractivity contribution in [1.82, 2.24) is 0 Å². The molecule has 100 valence electrons. The van der Waals surface area contributed by atoms with E-state index in [9.17, 15) is 15.0 Å². The molecule has 0 amide bonds. The predicted molar refractivity (Wildman–Crippen MR) is 73.9 cm³/mol. The number of aliphatic hydroxyl groups excluding tert-OH is 1. The molecule has 0 saturated carbocycles. The molecule has 0 atom stereocenters. The van der Waals surface area contributed by atoms with E-state index in [1.807, 2.05) is 13.8 Å². The predicted octanol–water partition coefficient (Wildman–Crippen LogP) is 3.30. The summed E-state index contributed by atoms with van der Waals surface area (Å²) in [5.41, 5.74) is 0.399. The second kappa shape index (κ2) is 4.88. The number of aliphatic imine (C=N–C) groups is 1. The molecule has 0 unspecified atom stereocenters. The Hall–Kier alpha value is -2.10. The summed E-state index contributed by atoms with van der Waals surface area (Å²) >= 11 is 0. The van der Waals surface area contributed by atoms with E-state index in [4.69, 9.17) is 0 Å². The van der Waals surface area contributed by atoms with Gasteiger partial charge in [-0.2, -0.15) is 0 Å². The zero-order valence-electron chi connectivity index (χ0n) is 11.1. The Labute approximate surface area is 112 Å². The quantitative estimate of drug-likeness (QED) is 0.800. The number of benzene rings is 1. The van der Waals surface area contributed by atoms with E-state index in [1.54, 1.807) is 18.2 Å². The molecule has 0 aromatic heterocycles. The van der Waals surface area contributed by atoms with Crippen LogP contribution in [-0.2, 0) is 4.79 Å². The summed E-state index contributed by atoms with van der Waals surface area (Å²) in [7, 11) is 0. The molecule has 4 nitrogen and oxygen atoms in total. The van der Waals surface area contributed by atoms with Crippen LogP contribution in [0.4, 0.5) is 5.69 Å². The number of allylic oxidation sites excluding steroid dienone is 2. The van der Waals surface area contributed by atoms with E-state index in [0.29, 0.717) is 18.5 Å². The summed E-state index contributed by atoms with van der Waals surface area (Å²) in [5, 5.41) is 19.5. The van der Waals surface area contributed by atoms with Crippen molar-refractivity contribution in [2.75, 3.05) is 0 Å². The maximum Gasteiger partial charge on any atom is 0.168 e.